The van der Waals surface area contributed by atoms with Gasteiger partial charge in [-0.25, -0.2) is 13.1 Å². The van der Waals surface area contributed by atoms with E-state index in [0.717, 1.165) is 16.9 Å². The summed E-state index contributed by atoms with van der Waals surface area (Å²) in [7, 11) is -2.06. The fraction of sp³-hybridized carbons (Fsp3) is 0.316. The minimum Gasteiger partial charge on any atom is -0.497 e. The highest BCUT2D eigenvalue weighted by Gasteiger charge is 2.20. The van der Waals surface area contributed by atoms with Crippen LogP contribution in [0.3, 0.4) is 0 Å². The second kappa shape index (κ2) is 8.82. The van der Waals surface area contributed by atoms with Crippen LogP contribution in [-0.4, -0.2) is 21.4 Å². The van der Waals surface area contributed by atoms with Gasteiger partial charge in [-0.1, -0.05) is 31.2 Å². The van der Waals surface area contributed by atoms with Crippen molar-refractivity contribution in [2.75, 3.05) is 7.11 Å². The van der Waals surface area contributed by atoms with Crippen LogP contribution < -0.4 is 14.8 Å². The van der Waals surface area contributed by atoms with Crippen LogP contribution in [0.2, 0.25) is 0 Å². The topological polar surface area (TPSA) is 84.5 Å². The van der Waals surface area contributed by atoms with Crippen LogP contribution in [0.4, 0.5) is 0 Å². The first-order chi connectivity index (χ1) is 12.4. The van der Waals surface area contributed by atoms with Crippen molar-refractivity contribution in [2.45, 2.75) is 37.8 Å². The predicted octanol–water partition coefficient (Wildman–Crippen LogP) is 2.76. The Kier molecular flexibility index (Phi) is 6.76. The third-order valence-corrected chi connectivity index (χ3v) is 5.49. The highest BCUT2D eigenvalue weighted by molar-refractivity contribution is 7.89. The summed E-state index contributed by atoms with van der Waals surface area (Å²) in [5.41, 5.74) is 1.71. The van der Waals surface area contributed by atoms with Gasteiger partial charge in [0.2, 0.25) is 15.9 Å². The van der Waals surface area contributed by atoms with Crippen LogP contribution in [-0.2, 0) is 21.4 Å². The van der Waals surface area contributed by atoms with E-state index in [0.29, 0.717) is 13.0 Å². The maximum Gasteiger partial charge on any atom is 0.241 e. The van der Waals surface area contributed by atoms with Gasteiger partial charge in [-0.2, -0.15) is 0 Å². The van der Waals surface area contributed by atoms with E-state index >= 15 is 0 Å². The highest BCUT2D eigenvalue weighted by Crippen LogP contribution is 2.22. The zero-order valence-electron chi connectivity index (χ0n) is 15.2. The minimum absolute atomic E-state index is 0.131. The van der Waals surface area contributed by atoms with Crippen molar-refractivity contribution >= 4 is 15.9 Å². The first-order valence-corrected chi connectivity index (χ1v) is 9.83. The molecule has 2 aromatic carbocycles. The first-order valence-electron chi connectivity index (χ1n) is 8.35. The molecule has 1 atom stereocenters. The maximum atomic E-state index is 12.7. The zero-order valence-corrected chi connectivity index (χ0v) is 16.0. The largest absolute Gasteiger partial charge is 0.497 e. The van der Waals surface area contributed by atoms with Gasteiger partial charge >= 0.3 is 0 Å². The SMILES string of the molecule is CC[C@@H](NS(=O)(=O)c1ccc(CNC(C)=O)cc1)c1ccc(OC)cc1. The van der Waals surface area contributed by atoms with Gasteiger partial charge in [-0.05, 0) is 41.8 Å². The smallest absolute Gasteiger partial charge is 0.241 e. The lowest BCUT2D eigenvalue weighted by molar-refractivity contribution is -0.119. The fourth-order valence-corrected chi connectivity index (χ4v) is 3.80. The third kappa shape index (κ3) is 5.31. The number of hydrogen-bond donors (Lipinski definition) is 2. The van der Waals surface area contributed by atoms with Crippen LogP contribution in [0.15, 0.2) is 53.4 Å². The Labute approximate surface area is 154 Å². The maximum absolute atomic E-state index is 12.7. The quantitative estimate of drug-likeness (QED) is 0.742. The van der Waals surface area contributed by atoms with Crippen LogP contribution in [0.5, 0.6) is 5.75 Å². The van der Waals surface area contributed by atoms with Gasteiger partial charge in [-0.15, -0.1) is 0 Å². The third-order valence-electron chi connectivity index (χ3n) is 4.00. The summed E-state index contributed by atoms with van der Waals surface area (Å²) < 4.78 is 33.2. The Morgan fingerprint density at radius 2 is 1.69 bits per heavy atom. The summed E-state index contributed by atoms with van der Waals surface area (Å²) >= 11 is 0. The van der Waals surface area contributed by atoms with Gasteiger partial charge < -0.3 is 10.1 Å². The lowest BCUT2D eigenvalue weighted by Gasteiger charge is -2.18. The molecular weight excluding hydrogens is 352 g/mol. The standard InChI is InChI=1S/C19H24N2O4S/c1-4-19(16-7-9-17(25-3)10-8-16)21-26(23,24)18-11-5-15(6-12-18)13-20-14(2)22/h5-12,19,21H,4,13H2,1-3H3,(H,20,22)/t19-/m1/s1. The summed E-state index contributed by atoms with van der Waals surface area (Å²) in [5, 5.41) is 2.68. The summed E-state index contributed by atoms with van der Waals surface area (Å²) in [4.78, 5) is 11.1. The predicted molar refractivity (Wildman–Crippen MR) is 100 cm³/mol. The van der Waals surface area contributed by atoms with E-state index in [1.165, 1.54) is 6.92 Å². The number of methoxy groups -OCH3 is 1. The molecule has 0 fully saturated rings. The lowest BCUT2D eigenvalue weighted by Crippen LogP contribution is -2.28. The van der Waals surface area contributed by atoms with Crippen molar-refractivity contribution < 1.29 is 17.9 Å². The lowest BCUT2D eigenvalue weighted by atomic mass is 10.1. The van der Waals surface area contributed by atoms with Crippen LogP contribution in [0.25, 0.3) is 0 Å². The minimum atomic E-state index is -3.65. The number of rotatable bonds is 8. The van der Waals surface area contributed by atoms with Gasteiger partial charge in [0, 0.05) is 19.5 Å². The molecule has 0 radical (unpaired) electrons. The van der Waals surface area contributed by atoms with E-state index in [9.17, 15) is 13.2 Å². The van der Waals surface area contributed by atoms with Crippen LogP contribution in [0.1, 0.15) is 37.4 Å². The Balaban J connectivity index is 2.13. The normalized spacial score (nSPS) is 12.4. The summed E-state index contributed by atoms with van der Waals surface area (Å²) in [6.07, 6.45) is 0.617. The summed E-state index contributed by atoms with van der Waals surface area (Å²) in [6.45, 7) is 3.73. The summed E-state index contributed by atoms with van der Waals surface area (Å²) in [5.74, 6) is 0.592. The van der Waals surface area contributed by atoms with Gasteiger partial charge in [0.1, 0.15) is 5.75 Å². The van der Waals surface area contributed by atoms with E-state index in [2.05, 4.69) is 10.0 Å². The Bertz CT molecular complexity index is 831. The molecule has 0 bridgehead atoms. The molecule has 0 spiro atoms. The molecule has 2 aromatic rings. The van der Waals surface area contributed by atoms with E-state index in [4.69, 9.17) is 4.74 Å². The highest BCUT2D eigenvalue weighted by atomic mass is 32.2. The fourth-order valence-electron chi connectivity index (χ4n) is 2.49. The van der Waals surface area contributed by atoms with E-state index in [1.54, 1.807) is 31.4 Å². The van der Waals surface area contributed by atoms with Crippen LogP contribution in [0, 0.1) is 0 Å². The van der Waals surface area contributed by atoms with Gasteiger partial charge in [0.25, 0.3) is 0 Å². The molecule has 0 unspecified atom stereocenters. The number of carbonyl (C=O) groups excluding carboxylic acids is 1. The number of benzene rings is 2. The average molecular weight is 376 g/mol. The number of nitrogens with one attached hydrogen (secondary N) is 2. The zero-order chi connectivity index (χ0) is 19.2. The van der Waals surface area contributed by atoms with Gasteiger partial charge in [-0.3, -0.25) is 4.79 Å². The Hall–Kier alpha value is -2.38. The molecule has 0 saturated carbocycles. The van der Waals surface area contributed by atoms with Crippen LogP contribution >= 0.6 is 0 Å². The average Bonchev–Trinajstić information content (AvgIpc) is 2.65. The molecule has 7 heteroatoms. The van der Waals surface area contributed by atoms with Gasteiger partial charge in [0.15, 0.2) is 0 Å². The molecule has 2 rings (SSSR count). The van der Waals surface area contributed by atoms with Crippen molar-refractivity contribution in [3.8, 4) is 5.75 Å². The molecule has 1 amide bonds. The molecular formula is C19H24N2O4S. The van der Waals surface area contributed by atoms with E-state index in [-0.39, 0.29) is 16.8 Å². The molecule has 0 heterocycles. The van der Waals surface area contributed by atoms with Gasteiger partial charge in [0.05, 0.1) is 12.0 Å². The molecule has 0 saturated heterocycles. The Morgan fingerprint density at radius 3 is 2.19 bits per heavy atom. The molecule has 0 aliphatic carbocycles. The molecule has 26 heavy (non-hydrogen) atoms. The van der Waals surface area contributed by atoms with Crippen molar-refractivity contribution in [3.63, 3.8) is 0 Å². The van der Waals surface area contributed by atoms with Crippen molar-refractivity contribution in [3.05, 3.63) is 59.7 Å². The molecule has 2 N–H and O–H groups in total. The van der Waals surface area contributed by atoms with E-state index < -0.39 is 10.0 Å². The second-order valence-corrected chi connectivity index (χ2v) is 7.62. The molecule has 0 aliphatic rings. The number of ether oxygens (including phenoxy) is 1. The Morgan fingerprint density at radius 1 is 1.08 bits per heavy atom. The number of carbonyl (C=O) groups is 1. The van der Waals surface area contributed by atoms with Crippen molar-refractivity contribution in [1.82, 2.24) is 10.0 Å². The molecule has 0 aliphatic heterocycles. The second-order valence-electron chi connectivity index (χ2n) is 5.91. The van der Waals surface area contributed by atoms with E-state index in [1.807, 2.05) is 31.2 Å². The number of amides is 1. The molecule has 6 nitrogen and oxygen atoms in total. The monoisotopic (exact) mass is 376 g/mol. The van der Waals surface area contributed by atoms with Crippen molar-refractivity contribution in [2.24, 2.45) is 0 Å². The molecule has 0 aromatic heterocycles. The first kappa shape index (κ1) is 19.9. The number of hydrogen-bond acceptors (Lipinski definition) is 4. The number of sulfonamides is 1. The molecule has 140 valence electrons. The summed E-state index contributed by atoms with van der Waals surface area (Å²) in [6, 6.07) is 13.5. The van der Waals surface area contributed by atoms with Crippen molar-refractivity contribution in [1.29, 1.82) is 0 Å².